The quantitative estimate of drug-likeness (QED) is 0.338. The number of amides is 2. The molecule has 26 heavy (non-hydrogen) atoms. The van der Waals surface area contributed by atoms with Crippen molar-refractivity contribution in [3.63, 3.8) is 0 Å². The Morgan fingerprint density at radius 2 is 1.77 bits per heavy atom. The molecule has 0 unspecified atom stereocenters. The highest BCUT2D eigenvalue weighted by Crippen LogP contribution is 2.22. The van der Waals surface area contributed by atoms with Crippen molar-refractivity contribution in [3.8, 4) is 5.75 Å². The molecule has 0 aliphatic heterocycles. The zero-order valence-electron chi connectivity index (χ0n) is 14.1. The van der Waals surface area contributed by atoms with E-state index in [4.69, 9.17) is 4.74 Å². The number of hydrogen-bond donors (Lipinski definition) is 2. The Morgan fingerprint density at radius 3 is 2.38 bits per heavy atom. The minimum Gasteiger partial charge on any atom is -0.426 e. The van der Waals surface area contributed by atoms with Crippen LogP contribution in [0.2, 0.25) is 0 Å². The van der Waals surface area contributed by atoms with Crippen molar-refractivity contribution in [1.29, 1.82) is 0 Å². The van der Waals surface area contributed by atoms with Gasteiger partial charge in [0.25, 0.3) is 5.91 Å². The van der Waals surface area contributed by atoms with Gasteiger partial charge in [-0.05, 0) is 42.5 Å². The molecule has 0 fully saturated rings. The van der Waals surface area contributed by atoms with Gasteiger partial charge in [0.2, 0.25) is 5.91 Å². The van der Waals surface area contributed by atoms with Crippen molar-refractivity contribution in [3.05, 3.63) is 58.1 Å². The third-order valence-corrected chi connectivity index (χ3v) is 3.56. The van der Waals surface area contributed by atoms with Crippen LogP contribution in [0.15, 0.2) is 52.0 Å². The standard InChI is InChI=1S/C18H16BrN3O4/c1-11(23)21-16-6-3-13(4-7-16)18(25)22-20-10-14-9-15(19)5-8-17(14)26-12(2)24/h3-10H,1-2H3,(H,21,23)(H,22,25)/b20-10-. The molecule has 0 aromatic heterocycles. The molecule has 2 N–H and O–H groups in total. The summed E-state index contributed by atoms with van der Waals surface area (Å²) in [6.07, 6.45) is 1.38. The monoisotopic (exact) mass is 417 g/mol. The number of benzene rings is 2. The van der Waals surface area contributed by atoms with Crippen LogP contribution < -0.4 is 15.5 Å². The lowest BCUT2D eigenvalue weighted by molar-refractivity contribution is -0.131. The molecule has 0 saturated heterocycles. The molecule has 0 heterocycles. The number of nitrogens with zero attached hydrogens (tertiary/aromatic N) is 1. The second-order valence-corrected chi connectivity index (χ2v) is 6.15. The van der Waals surface area contributed by atoms with Gasteiger partial charge in [-0.25, -0.2) is 5.43 Å². The summed E-state index contributed by atoms with van der Waals surface area (Å²) in [4.78, 5) is 34.2. The molecule has 0 spiro atoms. The van der Waals surface area contributed by atoms with Gasteiger partial charge in [0, 0.05) is 35.1 Å². The maximum absolute atomic E-state index is 12.1. The summed E-state index contributed by atoms with van der Waals surface area (Å²) in [5.74, 6) is -0.729. The third kappa shape index (κ3) is 5.82. The van der Waals surface area contributed by atoms with E-state index in [0.29, 0.717) is 22.6 Å². The lowest BCUT2D eigenvalue weighted by Gasteiger charge is -2.06. The molecule has 0 aliphatic carbocycles. The van der Waals surface area contributed by atoms with E-state index >= 15 is 0 Å². The van der Waals surface area contributed by atoms with Crippen LogP contribution in [0, 0.1) is 0 Å². The molecule has 7 nitrogen and oxygen atoms in total. The highest BCUT2D eigenvalue weighted by Gasteiger charge is 2.07. The van der Waals surface area contributed by atoms with Crippen molar-refractivity contribution in [1.82, 2.24) is 5.43 Å². The predicted octanol–water partition coefficient (Wildman–Crippen LogP) is 3.10. The van der Waals surface area contributed by atoms with Gasteiger partial charge in [-0.15, -0.1) is 0 Å². The van der Waals surface area contributed by atoms with Gasteiger partial charge in [-0.3, -0.25) is 14.4 Å². The molecule has 0 bridgehead atoms. The zero-order chi connectivity index (χ0) is 19.1. The molecular weight excluding hydrogens is 402 g/mol. The van der Waals surface area contributed by atoms with Gasteiger partial charge in [0.05, 0.1) is 6.21 Å². The summed E-state index contributed by atoms with van der Waals surface area (Å²) >= 11 is 3.32. The fourth-order valence-electron chi connectivity index (χ4n) is 2.00. The molecule has 0 aliphatic rings. The zero-order valence-corrected chi connectivity index (χ0v) is 15.7. The fraction of sp³-hybridized carbons (Fsp3) is 0.111. The molecule has 2 aromatic rings. The smallest absolute Gasteiger partial charge is 0.308 e. The van der Waals surface area contributed by atoms with Crippen molar-refractivity contribution in [2.24, 2.45) is 5.10 Å². The van der Waals surface area contributed by atoms with E-state index in [-0.39, 0.29) is 5.91 Å². The molecule has 2 rings (SSSR count). The minimum absolute atomic E-state index is 0.190. The number of anilines is 1. The first-order valence-electron chi connectivity index (χ1n) is 7.54. The van der Waals surface area contributed by atoms with E-state index in [1.165, 1.54) is 20.1 Å². The highest BCUT2D eigenvalue weighted by molar-refractivity contribution is 9.10. The Kier molecular flexibility index (Phi) is 6.62. The van der Waals surface area contributed by atoms with Crippen molar-refractivity contribution in [2.75, 3.05) is 5.32 Å². The van der Waals surface area contributed by atoms with Gasteiger partial charge < -0.3 is 10.1 Å². The van der Waals surface area contributed by atoms with Crippen molar-refractivity contribution < 1.29 is 19.1 Å². The molecule has 0 radical (unpaired) electrons. The van der Waals surface area contributed by atoms with Crippen LogP contribution >= 0.6 is 15.9 Å². The largest absolute Gasteiger partial charge is 0.426 e. The molecule has 0 atom stereocenters. The molecule has 0 saturated carbocycles. The topological polar surface area (TPSA) is 96.9 Å². The van der Waals surface area contributed by atoms with Crippen LogP contribution in [0.25, 0.3) is 0 Å². The molecule has 134 valence electrons. The number of carbonyl (C=O) groups excluding carboxylic acids is 3. The maximum Gasteiger partial charge on any atom is 0.308 e. The summed E-state index contributed by atoms with van der Waals surface area (Å²) in [7, 11) is 0. The van der Waals surface area contributed by atoms with Crippen LogP contribution in [0.3, 0.4) is 0 Å². The average Bonchev–Trinajstić information content (AvgIpc) is 2.57. The number of hydrazone groups is 1. The fourth-order valence-corrected chi connectivity index (χ4v) is 2.38. The summed E-state index contributed by atoms with van der Waals surface area (Å²) in [5.41, 5.74) is 3.89. The first kappa shape index (κ1) is 19.3. The number of carbonyl (C=O) groups is 3. The summed E-state index contributed by atoms with van der Waals surface area (Å²) < 4.78 is 5.86. The molecule has 2 aromatic carbocycles. The number of halogens is 1. The van der Waals surface area contributed by atoms with Gasteiger partial charge in [0.1, 0.15) is 5.75 Å². The van der Waals surface area contributed by atoms with Crippen LogP contribution in [0.5, 0.6) is 5.75 Å². The third-order valence-electron chi connectivity index (χ3n) is 3.06. The van der Waals surface area contributed by atoms with E-state index in [0.717, 1.165) is 4.47 Å². The van der Waals surface area contributed by atoms with Crippen molar-refractivity contribution >= 4 is 45.6 Å². The molecular formula is C18H16BrN3O4. The maximum atomic E-state index is 12.1. The van der Waals surface area contributed by atoms with Crippen LogP contribution in [-0.2, 0) is 9.59 Å². The summed E-state index contributed by atoms with van der Waals surface area (Å²) in [5, 5.41) is 6.51. The van der Waals surface area contributed by atoms with E-state index < -0.39 is 11.9 Å². The second-order valence-electron chi connectivity index (χ2n) is 5.23. The Hall–Kier alpha value is -3.00. The Balaban J connectivity index is 2.06. The van der Waals surface area contributed by atoms with Gasteiger partial charge in [-0.1, -0.05) is 15.9 Å². The summed E-state index contributed by atoms with van der Waals surface area (Å²) in [6, 6.07) is 11.4. The number of hydrogen-bond acceptors (Lipinski definition) is 5. The van der Waals surface area contributed by atoms with Crippen LogP contribution in [0.1, 0.15) is 29.8 Å². The number of ether oxygens (including phenoxy) is 1. The van der Waals surface area contributed by atoms with Gasteiger partial charge >= 0.3 is 5.97 Å². The number of rotatable bonds is 5. The first-order chi connectivity index (χ1) is 12.3. The molecule has 2 amide bonds. The van der Waals surface area contributed by atoms with Crippen LogP contribution in [0.4, 0.5) is 5.69 Å². The van der Waals surface area contributed by atoms with E-state index in [2.05, 4.69) is 31.8 Å². The lowest BCUT2D eigenvalue weighted by atomic mass is 10.2. The minimum atomic E-state index is -0.453. The van der Waals surface area contributed by atoms with E-state index in [1.807, 2.05) is 0 Å². The predicted molar refractivity (Wildman–Crippen MR) is 101 cm³/mol. The number of nitrogens with one attached hydrogen (secondary N) is 2. The SMILES string of the molecule is CC(=O)Nc1ccc(C(=O)N/N=C\c2cc(Br)ccc2OC(C)=O)cc1. The van der Waals surface area contributed by atoms with Crippen molar-refractivity contribution in [2.45, 2.75) is 13.8 Å². The lowest BCUT2D eigenvalue weighted by Crippen LogP contribution is -2.17. The van der Waals surface area contributed by atoms with E-state index in [9.17, 15) is 14.4 Å². The summed E-state index contributed by atoms with van der Waals surface area (Å²) in [6.45, 7) is 2.71. The number of esters is 1. The average molecular weight is 418 g/mol. The van der Waals surface area contributed by atoms with Gasteiger partial charge in [-0.2, -0.15) is 5.10 Å². The first-order valence-corrected chi connectivity index (χ1v) is 8.33. The highest BCUT2D eigenvalue weighted by atomic mass is 79.9. The Bertz CT molecular complexity index is 863. The Labute approximate surface area is 158 Å². The Morgan fingerprint density at radius 1 is 1.08 bits per heavy atom. The molecule has 8 heteroatoms. The van der Waals surface area contributed by atoms with E-state index in [1.54, 1.807) is 42.5 Å². The van der Waals surface area contributed by atoms with Crippen LogP contribution in [-0.4, -0.2) is 24.0 Å². The second kappa shape index (κ2) is 8.91. The van der Waals surface area contributed by atoms with Gasteiger partial charge in [0.15, 0.2) is 0 Å². The normalized spacial score (nSPS) is 10.4.